The molecule has 122 valence electrons. The van der Waals surface area contributed by atoms with Gasteiger partial charge in [-0.2, -0.15) is 0 Å². The Bertz CT molecular complexity index is 486. The van der Waals surface area contributed by atoms with Gasteiger partial charge in [0.25, 0.3) is 0 Å². The molecule has 1 atom stereocenters. The van der Waals surface area contributed by atoms with Crippen LogP contribution < -0.4 is 19.5 Å². The highest BCUT2D eigenvalue weighted by atomic mass is 16.5. The van der Waals surface area contributed by atoms with Gasteiger partial charge in [-0.1, -0.05) is 0 Å². The van der Waals surface area contributed by atoms with Crippen molar-refractivity contribution in [1.82, 2.24) is 5.32 Å². The predicted octanol–water partition coefficient (Wildman–Crippen LogP) is 1.55. The van der Waals surface area contributed by atoms with E-state index in [4.69, 9.17) is 18.9 Å². The van der Waals surface area contributed by atoms with Gasteiger partial charge in [-0.05, 0) is 37.0 Å². The molecule has 22 heavy (non-hydrogen) atoms. The summed E-state index contributed by atoms with van der Waals surface area (Å²) in [5.74, 6) is 1.76. The smallest absolute Gasteiger partial charge is 0.249 e. The number of amides is 1. The van der Waals surface area contributed by atoms with Crippen LogP contribution in [0.4, 0.5) is 0 Å². The Labute approximate surface area is 130 Å². The van der Waals surface area contributed by atoms with Crippen molar-refractivity contribution in [3.63, 3.8) is 0 Å². The molecule has 2 rings (SSSR count). The van der Waals surface area contributed by atoms with Crippen LogP contribution in [-0.4, -0.2) is 46.5 Å². The van der Waals surface area contributed by atoms with E-state index in [2.05, 4.69) is 5.32 Å². The zero-order valence-corrected chi connectivity index (χ0v) is 13.3. The predicted molar refractivity (Wildman–Crippen MR) is 81.8 cm³/mol. The second-order valence-electron chi connectivity index (χ2n) is 5.08. The topological polar surface area (TPSA) is 66.0 Å². The number of carbonyl (C=O) groups excluding carboxylic acids is 1. The number of methoxy groups -OCH3 is 3. The average Bonchev–Trinajstić information content (AvgIpc) is 3.08. The minimum atomic E-state index is -0.292. The fourth-order valence-electron chi connectivity index (χ4n) is 2.51. The molecule has 1 aromatic rings. The lowest BCUT2D eigenvalue weighted by molar-refractivity contribution is -0.129. The standard InChI is InChI=1S/C16H23NO5/c1-19-13-9-11(10-14(20-2)15(13)21-3)6-7-17-16(18)12-5-4-8-22-12/h9-10,12H,4-8H2,1-3H3,(H,17,18). The molecule has 6 nitrogen and oxygen atoms in total. The third kappa shape index (κ3) is 3.82. The van der Waals surface area contributed by atoms with Gasteiger partial charge in [0.15, 0.2) is 11.5 Å². The van der Waals surface area contributed by atoms with Crippen LogP contribution in [0.5, 0.6) is 17.2 Å². The van der Waals surface area contributed by atoms with Crippen LogP contribution in [0.3, 0.4) is 0 Å². The minimum absolute atomic E-state index is 0.0371. The third-order valence-corrected chi connectivity index (χ3v) is 3.66. The Morgan fingerprint density at radius 2 is 1.91 bits per heavy atom. The van der Waals surface area contributed by atoms with Crippen LogP contribution in [0.2, 0.25) is 0 Å². The summed E-state index contributed by atoms with van der Waals surface area (Å²) in [5.41, 5.74) is 1.00. The van der Waals surface area contributed by atoms with E-state index in [1.165, 1.54) is 0 Å². The Hall–Kier alpha value is -1.95. The molecule has 0 aliphatic carbocycles. The monoisotopic (exact) mass is 309 g/mol. The summed E-state index contributed by atoms with van der Waals surface area (Å²) in [7, 11) is 4.74. The van der Waals surface area contributed by atoms with E-state index in [1.807, 2.05) is 12.1 Å². The molecule has 0 radical (unpaired) electrons. The molecule has 1 amide bonds. The van der Waals surface area contributed by atoms with Gasteiger partial charge < -0.3 is 24.3 Å². The highest BCUT2D eigenvalue weighted by Gasteiger charge is 2.23. The summed E-state index contributed by atoms with van der Waals surface area (Å²) >= 11 is 0. The number of carbonyl (C=O) groups is 1. The molecule has 1 fully saturated rings. The molecule has 1 heterocycles. The van der Waals surface area contributed by atoms with Gasteiger partial charge in [-0.15, -0.1) is 0 Å². The molecule has 1 aromatic carbocycles. The number of nitrogens with one attached hydrogen (secondary N) is 1. The summed E-state index contributed by atoms with van der Waals surface area (Å²) in [6.45, 7) is 1.21. The van der Waals surface area contributed by atoms with E-state index in [0.717, 1.165) is 18.4 Å². The third-order valence-electron chi connectivity index (χ3n) is 3.66. The second kappa shape index (κ2) is 7.89. The molecule has 6 heteroatoms. The van der Waals surface area contributed by atoms with E-state index in [0.29, 0.717) is 36.8 Å². The maximum absolute atomic E-state index is 11.9. The number of rotatable bonds is 7. The SMILES string of the molecule is COc1cc(CCNC(=O)C2CCCO2)cc(OC)c1OC. The maximum atomic E-state index is 11.9. The zero-order valence-electron chi connectivity index (χ0n) is 13.3. The van der Waals surface area contributed by atoms with Crippen molar-refractivity contribution in [1.29, 1.82) is 0 Å². The first-order chi connectivity index (χ1) is 10.7. The average molecular weight is 309 g/mol. The van der Waals surface area contributed by atoms with Crippen LogP contribution in [0.15, 0.2) is 12.1 Å². The molecule has 1 saturated heterocycles. The molecule has 1 aliphatic rings. The minimum Gasteiger partial charge on any atom is -0.493 e. The van der Waals surface area contributed by atoms with Crippen LogP contribution in [-0.2, 0) is 16.0 Å². The van der Waals surface area contributed by atoms with E-state index in [9.17, 15) is 4.79 Å². The lowest BCUT2D eigenvalue weighted by Crippen LogP contribution is -2.35. The Morgan fingerprint density at radius 1 is 1.23 bits per heavy atom. The lowest BCUT2D eigenvalue weighted by atomic mass is 10.1. The molecular formula is C16H23NO5. The molecule has 0 saturated carbocycles. The summed E-state index contributed by atoms with van der Waals surface area (Å²) in [6.07, 6.45) is 2.14. The van der Waals surface area contributed by atoms with Gasteiger partial charge in [0.1, 0.15) is 6.10 Å². The fraction of sp³-hybridized carbons (Fsp3) is 0.562. The summed E-state index contributed by atoms with van der Waals surface area (Å²) in [6, 6.07) is 3.78. The Kier molecular flexibility index (Phi) is 5.89. The zero-order chi connectivity index (χ0) is 15.9. The molecule has 1 aliphatic heterocycles. The Balaban J connectivity index is 1.96. The lowest BCUT2D eigenvalue weighted by Gasteiger charge is -2.15. The summed E-state index contributed by atoms with van der Waals surface area (Å²) in [4.78, 5) is 11.9. The van der Waals surface area contributed by atoms with Gasteiger partial charge in [-0.25, -0.2) is 0 Å². The van der Waals surface area contributed by atoms with Gasteiger partial charge in [0.05, 0.1) is 21.3 Å². The van der Waals surface area contributed by atoms with Crippen molar-refractivity contribution in [3.8, 4) is 17.2 Å². The van der Waals surface area contributed by atoms with E-state index in [1.54, 1.807) is 21.3 Å². The highest BCUT2D eigenvalue weighted by Crippen LogP contribution is 2.38. The molecule has 0 spiro atoms. The van der Waals surface area contributed by atoms with Crippen molar-refractivity contribution < 1.29 is 23.7 Å². The normalized spacial score (nSPS) is 17.1. The van der Waals surface area contributed by atoms with Gasteiger partial charge in [0.2, 0.25) is 11.7 Å². The van der Waals surface area contributed by atoms with Crippen molar-refractivity contribution in [3.05, 3.63) is 17.7 Å². The van der Waals surface area contributed by atoms with Gasteiger partial charge in [-0.3, -0.25) is 4.79 Å². The van der Waals surface area contributed by atoms with Crippen LogP contribution in [0.25, 0.3) is 0 Å². The first-order valence-corrected chi connectivity index (χ1v) is 7.37. The molecule has 0 aromatic heterocycles. The highest BCUT2D eigenvalue weighted by molar-refractivity contribution is 5.80. The Morgan fingerprint density at radius 3 is 2.41 bits per heavy atom. The van der Waals surface area contributed by atoms with Crippen molar-refractivity contribution >= 4 is 5.91 Å². The summed E-state index contributed by atoms with van der Waals surface area (Å²) in [5, 5.41) is 2.90. The van der Waals surface area contributed by atoms with Gasteiger partial charge in [0, 0.05) is 13.2 Å². The quantitative estimate of drug-likeness (QED) is 0.828. The molecular weight excluding hydrogens is 286 g/mol. The fourth-order valence-corrected chi connectivity index (χ4v) is 2.51. The molecule has 1 unspecified atom stereocenters. The molecule has 1 N–H and O–H groups in total. The van der Waals surface area contributed by atoms with Crippen LogP contribution in [0.1, 0.15) is 18.4 Å². The van der Waals surface area contributed by atoms with E-state index < -0.39 is 0 Å². The van der Waals surface area contributed by atoms with Crippen molar-refractivity contribution in [2.75, 3.05) is 34.5 Å². The summed E-state index contributed by atoms with van der Waals surface area (Å²) < 4.78 is 21.3. The second-order valence-corrected chi connectivity index (χ2v) is 5.08. The van der Waals surface area contributed by atoms with Crippen molar-refractivity contribution in [2.24, 2.45) is 0 Å². The number of hydrogen-bond donors (Lipinski definition) is 1. The van der Waals surface area contributed by atoms with Crippen molar-refractivity contribution in [2.45, 2.75) is 25.4 Å². The number of benzene rings is 1. The first kappa shape index (κ1) is 16.4. The van der Waals surface area contributed by atoms with Crippen LogP contribution in [0, 0.1) is 0 Å². The maximum Gasteiger partial charge on any atom is 0.249 e. The van der Waals surface area contributed by atoms with E-state index in [-0.39, 0.29) is 12.0 Å². The van der Waals surface area contributed by atoms with E-state index >= 15 is 0 Å². The molecule has 0 bridgehead atoms. The number of ether oxygens (including phenoxy) is 4. The largest absolute Gasteiger partial charge is 0.493 e. The van der Waals surface area contributed by atoms with Crippen LogP contribution >= 0.6 is 0 Å². The van der Waals surface area contributed by atoms with Gasteiger partial charge >= 0.3 is 0 Å². The first-order valence-electron chi connectivity index (χ1n) is 7.37. The number of hydrogen-bond acceptors (Lipinski definition) is 5.